The van der Waals surface area contributed by atoms with Gasteiger partial charge in [0.05, 0.1) is 6.54 Å². The minimum atomic E-state index is -4.48. The minimum Gasteiger partial charge on any atom is -0.334 e. The Balaban J connectivity index is 1.86. The number of carbonyl (C=O) groups is 1. The van der Waals surface area contributed by atoms with Crippen LogP contribution in [0.4, 0.5) is 23.7 Å². The summed E-state index contributed by atoms with van der Waals surface area (Å²) in [6.45, 7) is 1.78. The summed E-state index contributed by atoms with van der Waals surface area (Å²) in [4.78, 5) is 11.8. The van der Waals surface area contributed by atoms with Crippen molar-refractivity contribution in [2.75, 3.05) is 5.32 Å². The van der Waals surface area contributed by atoms with Crippen LogP contribution in [0.25, 0.3) is 0 Å². The second-order valence-electron chi connectivity index (χ2n) is 4.93. The fraction of sp³-hybridized carbons (Fsp3) is 0.286. The molecule has 2 rings (SSSR count). The Bertz CT molecular complexity index is 669. The number of carbonyl (C=O) groups excluding carboxylic acids is 1. The lowest BCUT2D eigenvalue weighted by atomic mass is 10.3. The van der Waals surface area contributed by atoms with Gasteiger partial charge < -0.3 is 10.6 Å². The van der Waals surface area contributed by atoms with Crippen molar-refractivity contribution in [2.45, 2.75) is 25.7 Å². The van der Waals surface area contributed by atoms with Gasteiger partial charge >= 0.3 is 12.2 Å². The molecule has 2 N–H and O–H groups in total. The molecule has 23 heavy (non-hydrogen) atoms. The van der Waals surface area contributed by atoms with Crippen LogP contribution >= 0.6 is 11.6 Å². The molecule has 1 aromatic carbocycles. The summed E-state index contributed by atoms with van der Waals surface area (Å²) >= 11 is 5.74. The maximum Gasteiger partial charge on any atom is 0.435 e. The zero-order valence-corrected chi connectivity index (χ0v) is 12.8. The molecular weight excluding hydrogens is 333 g/mol. The van der Waals surface area contributed by atoms with Crippen LogP contribution in [0.2, 0.25) is 5.02 Å². The van der Waals surface area contributed by atoms with Crippen LogP contribution in [-0.4, -0.2) is 21.9 Å². The summed E-state index contributed by atoms with van der Waals surface area (Å²) in [5.74, 6) is 0. The maximum absolute atomic E-state index is 12.5. The highest BCUT2D eigenvalue weighted by Crippen LogP contribution is 2.27. The maximum atomic E-state index is 12.5. The number of hydrogen-bond acceptors (Lipinski definition) is 2. The van der Waals surface area contributed by atoms with E-state index in [0.29, 0.717) is 10.7 Å². The van der Waals surface area contributed by atoms with Crippen LogP contribution in [0.5, 0.6) is 0 Å². The van der Waals surface area contributed by atoms with Gasteiger partial charge in [-0.1, -0.05) is 11.6 Å². The number of urea groups is 1. The highest BCUT2D eigenvalue weighted by Gasteiger charge is 2.33. The Morgan fingerprint density at radius 1 is 1.30 bits per heavy atom. The first-order chi connectivity index (χ1) is 10.7. The number of nitrogens with one attached hydrogen (secondary N) is 2. The van der Waals surface area contributed by atoms with E-state index in [9.17, 15) is 18.0 Å². The molecule has 0 fully saturated rings. The van der Waals surface area contributed by atoms with Crippen LogP contribution in [0, 0.1) is 0 Å². The number of halogens is 4. The van der Waals surface area contributed by atoms with Gasteiger partial charge in [0.25, 0.3) is 0 Å². The summed E-state index contributed by atoms with van der Waals surface area (Å²) in [6, 6.07) is 6.53. The first-order valence-electron chi connectivity index (χ1n) is 6.68. The number of alkyl halides is 3. The van der Waals surface area contributed by atoms with Crippen molar-refractivity contribution in [3.05, 3.63) is 47.2 Å². The van der Waals surface area contributed by atoms with Gasteiger partial charge in [-0.25, -0.2) is 4.79 Å². The first kappa shape index (κ1) is 17.1. The van der Waals surface area contributed by atoms with Gasteiger partial charge in [0, 0.05) is 22.9 Å². The lowest BCUT2D eigenvalue weighted by Crippen LogP contribution is -2.38. The third-order valence-corrected chi connectivity index (χ3v) is 3.12. The molecule has 2 amide bonds. The zero-order valence-electron chi connectivity index (χ0n) is 12.1. The molecule has 0 radical (unpaired) electrons. The smallest absolute Gasteiger partial charge is 0.334 e. The number of anilines is 1. The van der Waals surface area contributed by atoms with Gasteiger partial charge in [0.2, 0.25) is 0 Å². The monoisotopic (exact) mass is 346 g/mol. The molecule has 0 bridgehead atoms. The summed E-state index contributed by atoms with van der Waals surface area (Å²) in [7, 11) is 0. The largest absolute Gasteiger partial charge is 0.435 e. The van der Waals surface area contributed by atoms with Crippen LogP contribution in [0.3, 0.4) is 0 Å². The van der Waals surface area contributed by atoms with E-state index < -0.39 is 23.9 Å². The molecule has 1 heterocycles. The van der Waals surface area contributed by atoms with E-state index in [-0.39, 0.29) is 6.54 Å². The van der Waals surface area contributed by atoms with Crippen molar-refractivity contribution in [1.29, 1.82) is 0 Å². The molecule has 0 unspecified atom stereocenters. The SMILES string of the molecule is C[C@@H](Cn1ccc(C(F)(F)F)n1)NC(=O)Nc1ccc(Cl)cc1. The number of rotatable bonds is 4. The summed E-state index contributed by atoms with van der Waals surface area (Å²) in [6.07, 6.45) is -3.26. The number of nitrogens with zero attached hydrogens (tertiary/aromatic N) is 2. The second-order valence-corrected chi connectivity index (χ2v) is 5.36. The molecule has 0 aliphatic carbocycles. The third-order valence-electron chi connectivity index (χ3n) is 2.87. The summed E-state index contributed by atoms with van der Waals surface area (Å²) in [5, 5.41) is 9.18. The van der Waals surface area contributed by atoms with E-state index in [1.165, 1.54) is 6.20 Å². The Kier molecular flexibility index (Phi) is 5.15. The molecule has 9 heteroatoms. The number of amides is 2. The highest BCUT2D eigenvalue weighted by atomic mass is 35.5. The van der Waals surface area contributed by atoms with Crippen molar-refractivity contribution in [2.24, 2.45) is 0 Å². The topological polar surface area (TPSA) is 59.0 Å². The van der Waals surface area contributed by atoms with E-state index in [0.717, 1.165) is 10.7 Å². The Labute approximate surface area is 135 Å². The molecule has 0 saturated heterocycles. The number of aromatic nitrogens is 2. The highest BCUT2D eigenvalue weighted by molar-refractivity contribution is 6.30. The molecule has 1 atom stereocenters. The summed E-state index contributed by atoms with van der Waals surface area (Å²) < 4.78 is 38.5. The van der Waals surface area contributed by atoms with Gasteiger partial charge in [-0.2, -0.15) is 18.3 Å². The molecule has 0 saturated carbocycles. The van der Waals surface area contributed by atoms with Gasteiger partial charge in [-0.05, 0) is 37.3 Å². The lowest BCUT2D eigenvalue weighted by molar-refractivity contribution is -0.141. The Morgan fingerprint density at radius 3 is 2.52 bits per heavy atom. The van der Waals surface area contributed by atoms with Crippen molar-refractivity contribution in [3.63, 3.8) is 0 Å². The number of hydrogen-bond donors (Lipinski definition) is 2. The Morgan fingerprint density at radius 2 is 1.96 bits per heavy atom. The predicted molar refractivity (Wildman–Crippen MR) is 80.3 cm³/mol. The van der Waals surface area contributed by atoms with Crippen molar-refractivity contribution in [1.82, 2.24) is 15.1 Å². The van der Waals surface area contributed by atoms with Crippen molar-refractivity contribution < 1.29 is 18.0 Å². The standard InChI is InChI=1S/C14H14ClF3N4O/c1-9(8-22-7-6-12(21-22)14(16,17)18)19-13(23)20-11-4-2-10(15)3-5-11/h2-7,9H,8H2,1H3,(H2,19,20,23)/t9-/m0/s1. The normalized spacial score (nSPS) is 12.7. The molecular formula is C14H14ClF3N4O. The first-order valence-corrected chi connectivity index (χ1v) is 7.05. The zero-order chi connectivity index (χ0) is 17.0. The van der Waals surface area contributed by atoms with E-state index in [2.05, 4.69) is 15.7 Å². The second kappa shape index (κ2) is 6.91. The molecule has 2 aromatic rings. The lowest BCUT2D eigenvalue weighted by Gasteiger charge is -2.15. The van der Waals surface area contributed by atoms with E-state index in [4.69, 9.17) is 11.6 Å². The van der Waals surface area contributed by atoms with E-state index in [1.807, 2.05) is 0 Å². The predicted octanol–water partition coefficient (Wildman–Crippen LogP) is 3.77. The molecule has 1 aromatic heterocycles. The van der Waals surface area contributed by atoms with Crippen molar-refractivity contribution >= 4 is 23.3 Å². The molecule has 0 aliphatic rings. The van der Waals surface area contributed by atoms with E-state index in [1.54, 1.807) is 31.2 Å². The van der Waals surface area contributed by atoms with Crippen LogP contribution in [0.15, 0.2) is 36.5 Å². The minimum absolute atomic E-state index is 0.115. The third kappa shape index (κ3) is 5.17. The quantitative estimate of drug-likeness (QED) is 0.885. The van der Waals surface area contributed by atoms with Gasteiger partial charge in [-0.15, -0.1) is 0 Å². The van der Waals surface area contributed by atoms with Crippen molar-refractivity contribution in [3.8, 4) is 0 Å². The number of benzene rings is 1. The van der Waals surface area contributed by atoms with Crippen LogP contribution < -0.4 is 10.6 Å². The molecule has 5 nitrogen and oxygen atoms in total. The average molecular weight is 347 g/mol. The van der Waals surface area contributed by atoms with E-state index >= 15 is 0 Å². The van der Waals surface area contributed by atoms with Crippen LogP contribution in [-0.2, 0) is 12.7 Å². The molecule has 0 aliphatic heterocycles. The fourth-order valence-corrected chi connectivity index (χ4v) is 1.99. The fourth-order valence-electron chi connectivity index (χ4n) is 1.86. The molecule has 124 valence electrons. The summed E-state index contributed by atoms with van der Waals surface area (Å²) in [5.41, 5.74) is -0.409. The molecule has 0 spiro atoms. The van der Waals surface area contributed by atoms with Gasteiger partial charge in [-0.3, -0.25) is 4.68 Å². The average Bonchev–Trinajstić information content (AvgIpc) is 2.89. The van der Waals surface area contributed by atoms with Crippen LogP contribution in [0.1, 0.15) is 12.6 Å². The van der Waals surface area contributed by atoms with Gasteiger partial charge in [0.1, 0.15) is 0 Å². The van der Waals surface area contributed by atoms with Gasteiger partial charge in [0.15, 0.2) is 5.69 Å². The Hall–Kier alpha value is -2.22.